The maximum atomic E-state index is 12.1. The highest BCUT2D eigenvalue weighted by Crippen LogP contribution is 2.19. The molecule has 1 heterocycles. The van der Waals surface area contributed by atoms with E-state index in [4.69, 9.17) is 4.74 Å². The third-order valence-electron chi connectivity index (χ3n) is 3.93. The molecule has 1 amide bonds. The second kappa shape index (κ2) is 11.6. The van der Waals surface area contributed by atoms with E-state index < -0.39 is 0 Å². The van der Waals surface area contributed by atoms with Gasteiger partial charge in [-0.25, -0.2) is 0 Å². The molecule has 2 aromatic rings. The molecule has 2 rings (SSSR count). The minimum atomic E-state index is -0.0227. The van der Waals surface area contributed by atoms with Gasteiger partial charge in [0.2, 0.25) is 0 Å². The molecule has 0 bridgehead atoms. The number of benzene rings is 1. The number of aromatic nitrogens is 1. The number of hydrogen-bond donors (Lipinski definition) is 0. The van der Waals surface area contributed by atoms with Crippen LogP contribution in [0.5, 0.6) is 5.75 Å². The van der Waals surface area contributed by atoms with Crippen molar-refractivity contribution in [3.8, 4) is 5.75 Å². The van der Waals surface area contributed by atoms with Crippen molar-refractivity contribution >= 4 is 48.8 Å². The summed E-state index contributed by atoms with van der Waals surface area (Å²) >= 11 is 4.24. The van der Waals surface area contributed by atoms with Gasteiger partial charge in [0.15, 0.2) is 0 Å². The molecule has 1 atom stereocenters. The number of anilines is 1. The van der Waals surface area contributed by atoms with E-state index in [1.54, 1.807) is 37.5 Å². The highest BCUT2D eigenvalue weighted by atomic mass is 128. The Morgan fingerprint density at radius 3 is 2.35 bits per heavy atom. The number of pyridine rings is 1. The first-order valence-corrected chi connectivity index (χ1v) is 14.4. The Hall–Kier alpha value is -1.10. The van der Waals surface area contributed by atoms with Gasteiger partial charge in [0.25, 0.3) is 5.91 Å². The summed E-state index contributed by atoms with van der Waals surface area (Å²) < 4.78 is 5.93. The normalized spacial score (nSPS) is 11.0. The van der Waals surface area contributed by atoms with E-state index in [0.717, 1.165) is 17.0 Å². The standard InChI is InChI=1S/C19H25N3O2.I2/c1-14-10-16(19(23)21(3)4)12-18(11-14)24-13-15(2)22(5)17-6-8-20-9-7-17;1-2/h6-12,15H,13H2,1-5H3;. The molecule has 0 radical (unpaired) electrons. The van der Waals surface area contributed by atoms with Gasteiger partial charge in [-0.15, -0.1) is 0 Å². The quantitative estimate of drug-likeness (QED) is 0.462. The fourth-order valence-electron chi connectivity index (χ4n) is 2.38. The van der Waals surface area contributed by atoms with Crippen molar-refractivity contribution in [2.45, 2.75) is 19.9 Å². The van der Waals surface area contributed by atoms with Crippen LogP contribution < -0.4 is 9.64 Å². The fourth-order valence-corrected chi connectivity index (χ4v) is 2.38. The largest absolute Gasteiger partial charge is 0.491 e. The van der Waals surface area contributed by atoms with Crippen LogP contribution in [-0.4, -0.2) is 49.6 Å². The molecular formula is C19H25I2N3O2. The minimum Gasteiger partial charge on any atom is -0.491 e. The van der Waals surface area contributed by atoms with Crippen molar-refractivity contribution in [3.63, 3.8) is 0 Å². The average molecular weight is 581 g/mol. The maximum absolute atomic E-state index is 12.1. The zero-order valence-electron chi connectivity index (χ0n) is 15.7. The molecule has 142 valence electrons. The van der Waals surface area contributed by atoms with Gasteiger partial charge in [-0.05, 0) is 49.7 Å². The SMILES string of the molecule is Cc1cc(OCC(C)N(C)c2ccncc2)cc(C(=O)N(C)C)c1.II. The third-order valence-corrected chi connectivity index (χ3v) is 3.93. The topological polar surface area (TPSA) is 45.7 Å². The van der Waals surface area contributed by atoms with Gasteiger partial charge >= 0.3 is 0 Å². The lowest BCUT2D eigenvalue weighted by Crippen LogP contribution is -2.34. The van der Waals surface area contributed by atoms with Gasteiger partial charge in [-0.3, -0.25) is 9.78 Å². The summed E-state index contributed by atoms with van der Waals surface area (Å²) in [6.45, 7) is 4.59. The molecule has 0 aliphatic carbocycles. The molecule has 0 saturated carbocycles. The zero-order valence-corrected chi connectivity index (χ0v) is 20.1. The van der Waals surface area contributed by atoms with Crippen molar-refractivity contribution in [3.05, 3.63) is 53.9 Å². The molecule has 0 aliphatic rings. The summed E-state index contributed by atoms with van der Waals surface area (Å²) in [7, 11) is 5.52. The number of halogens is 2. The molecule has 26 heavy (non-hydrogen) atoms. The summed E-state index contributed by atoms with van der Waals surface area (Å²) in [5.74, 6) is 0.695. The van der Waals surface area contributed by atoms with Crippen LogP contribution in [-0.2, 0) is 0 Å². The van der Waals surface area contributed by atoms with Crippen LogP contribution >= 0.6 is 37.2 Å². The van der Waals surface area contributed by atoms with Crippen molar-refractivity contribution in [2.75, 3.05) is 32.6 Å². The van der Waals surface area contributed by atoms with Crippen LogP contribution in [0.3, 0.4) is 0 Å². The number of nitrogens with zero attached hydrogens (tertiary/aromatic N) is 3. The van der Waals surface area contributed by atoms with Crippen LogP contribution in [0, 0.1) is 6.92 Å². The molecule has 0 spiro atoms. The van der Waals surface area contributed by atoms with E-state index in [1.807, 2.05) is 38.2 Å². The lowest BCUT2D eigenvalue weighted by atomic mass is 10.1. The van der Waals surface area contributed by atoms with E-state index in [1.165, 1.54) is 0 Å². The molecule has 0 N–H and O–H groups in total. The lowest BCUT2D eigenvalue weighted by molar-refractivity contribution is 0.0827. The monoisotopic (exact) mass is 581 g/mol. The predicted octanol–water partition coefficient (Wildman–Crippen LogP) is 4.77. The lowest BCUT2D eigenvalue weighted by Gasteiger charge is -2.27. The number of carbonyl (C=O) groups is 1. The second-order valence-corrected chi connectivity index (χ2v) is 6.21. The summed E-state index contributed by atoms with van der Waals surface area (Å²) in [6.07, 6.45) is 3.55. The van der Waals surface area contributed by atoms with Gasteiger partial charge in [-0.1, -0.05) is 0 Å². The van der Waals surface area contributed by atoms with Crippen molar-refractivity contribution in [1.82, 2.24) is 9.88 Å². The number of aryl methyl sites for hydroxylation is 1. The van der Waals surface area contributed by atoms with E-state index in [9.17, 15) is 4.79 Å². The maximum Gasteiger partial charge on any atom is 0.253 e. The van der Waals surface area contributed by atoms with Gasteiger partial charge < -0.3 is 14.5 Å². The van der Waals surface area contributed by atoms with Gasteiger partial charge in [0.1, 0.15) is 12.4 Å². The molecule has 1 aromatic heterocycles. The van der Waals surface area contributed by atoms with Gasteiger partial charge in [0, 0.05) is 82.0 Å². The summed E-state index contributed by atoms with van der Waals surface area (Å²) in [4.78, 5) is 19.9. The number of likely N-dealkylation sites (N-methyl/N-ethyl adjacent to an activating group) is 1. The first-order valence-electron chi connectivity index (χ1n) is 8.11. The highest BCUT2D eigenvalue weighted by Gasteiger charge is 2.13. The Morgan fingerprint density at radius 2 is 1.77 bits per heavy atom. The predicted molar refractivity (Wildman–Crippen MR) is 125 cm³/mol. The van der Waals surface area contributed by atoms with Crippen LogP contribution in [0.25, 0.3) is 0 Å². The number of amides is 1. The highest BCUT2D eigenvalue weighted by molar-refractivity contribution is 15.0. The van der Waals surface area contributed by atoms with E-state index in [-0.39, 0.29) is 11.9 Å². The smallest absolute Gasteiger partial charge is 0.253 e. The Morgan fingerprint density at radius 1 is 1.15 bits per heavy atom. The van der Waals surface area contributed by atoms with Gasteiger partial charge in [0.05, 0.1) is 6.04 Å². The number of carbonyl (C=O) groups excluding carboxylic acids is 1. The van der Waals surface area contributed by atoms with Gasteiger partial charge in [-0.2, -0.15) is 0 Å². The van der Waals surface area contributed by atoms with Crippen LogP contribution in [0.4, 0.5) is 5.69 Å². The molecule has 0 fully saturated rings. The Kier molecular flexibility index (Phi) is 10.2. The summed E-state index contributed by atoms with van der Waals surface area (Å²) in [5, 5.41) is 0. The Balaban J connectivity index is 0.00000163. The number of hydrogen-bond acceptors (Lipinski definition) is 4. The molecule has 0 saturated heterocycles. The molecule has 7 heteroatoms. The average Bonchev–Trinajstić information content (AvgIpc) is 2.66. The molecule has 1 unspecified atom stereocenters. The molecular weight excluding hydrogens is 556 g/mol. The minimum absolute atomic E-state index is 0.0227. The summed E-state index contributed by atoms with van der Waals surface area (Å²) in [5.41, 5.74) is 2.74. The fraction of sp³-hybridized carbons (Fsp3) is 0.368. The van der Waals surface area contributed by atoms with E-state index in [0.29, 0.717) is 12.2 Å². The molecule has 0 aliphatic heterocycles. The van der Waals surface area contributed by atoms with E-state index in [2.05, 4.69) is 54.0 Å². The van der Waals surface area contributed by atoms with Crippen LogP contribution in [0.15, 0.2) is 42.7 Å². The Bertz CT molecular complexity index is 696. The third kappa shape index (κ3) is 6.90. The van der Waals surface area contributed by atoms with Crippen molar-refractivity contribution in [1.29, 1.82) is 0 Å². The van der Waals surface area contributed by atoms with E-state index >= 15 is 0 Å². The Labute approximate surface area is 179 Å². The summed E-state index contributed by atoms with van der Waals surface area (Å²) in [6, 6.07) is 9.75. The molecule has 5 nitrogen and oxygen atoms in total. The second-order valence-electron chi connectivity index (χ2n) is 6.21. The van der Waals surface area contributed by atoms with Crippen molar-refractivity contribution < 1.29 is 9.53 Å². The zero-order chi connectivity index (χ0) is 19.7. The number of ether oxygens (including phenoxy) is 1. The van der Waals surface area contributed by atoms with Crippen molar-refractivity contribution in [2.24, 2.45) is 0 Å². The number of rotatable bonds is 6. The van der Waals surface area contributed by atoms with Crippen LogP contribution in [0.1, 0.15) is 22.8 Å². The molecule has 1 aromatic carbocycles. The first-order chi connectivity index (χ1) is 12.4. The first kappa shape index (κ1) is 22.9. The van der Waals surface area contributed by atoms with Crippen LogP contribution in [0.2, 0.25) is 0 Å².